The molecule has 0 bridgehead atoms. The summed E-state index contributed by atoms with van der Waals surface area (Å²) in [5.74, 6) is -0.341. The summed E-state index contributed by atoms with van der Waals surface area (Å²) in [4.78, 5) is 11.8. The number of hydrogen-bond donors (Lipinski definition) is 2. The van der Waals surface area contributed by atoms with Crippen LogP contribution in [0.3, 0.4) is 0 Å². The summed E-state index contributed by atoms with van der Waals surface area (Å²) >= 11 is 0. The van der Waals surface area contributed by atoms with Crippen molar-refractivity contribution in [1.82, 2.24) is 4.90 Å². The van der Waals surface area contributed by atoms with E-state index in [0.29, 0.717) is 11.1 Å². The van der Waals surface area contributed by atoms with Gasteiger partial charge in [0.15, 0.2) is 0 Å². The van der Waals surface area contributed by atoms with Gasteiger partial charge >= 0.3 is 6.09 Å². The van der Waals surface area contributed by atoms with E-state index in [0.717, 1.165) is 4.90 Å². The second-order valence-corrected chi connectivity index (χ2v) is 3.87. The maximum absolute atomic E-state index is 12.8. The molecule has 1 heterocycles. The van der Waals surface area contributed by atoms with E-state index in [1.807, 2.05) is 0 Å². The standard InChI is InChI=1S/C12H12FNO3/c13-9-3-1-8(2-4-9)10-5-6-14(12(16)17)7-11(10)15/h1-5,11,15H,6-7H2,(H,16,17)/t11-/m0/s1. The number of β-amino-alcohol motifs (C(OH)–C–C–N with tert-alkyl or cyclic N) is 1. The molecule has 1 aromatic carbocycles. The van der Waals surface area contributed by atoms with Crippen molar-refractivity contribution in [3.63, 3.8) is 0 Å². The van der Waals surface area contributed by atoms with Gasteiger partial charge in [0.05, 0.1) is 12.6 Å². The summed E-state index contributed by atoms with van der Waals surface area (Å²) in [6, 6.07) is 5.76. The lowest BCUT2D eigenvalue weighted by molar-refractivity contribution is 0.118. The molecule has 1 aromatic rings. The van der Waals surface area contributed by atoms with Gasteiger partial charge in [0.1, 0.15) is 5.82 Å². The number of rotatable bonds is 1. The first-order valence-electron chi connectivity index (χ1n) is 5.20. The van der Waals surface area contributed by atoms with Crippen LogP contribution in [0.5, 0.6) is 0 Å². The molecule has 2 N–H and O–H groups in total. The largest absolute Gasteiger partial charge is 0.465 e. The molecule has 1 aliphatic rings. The highest BCUT2D eigenvalue weighted by atomic mass is 19.1. The fourth-order valence-corrected chi connectivity index (χ4v) is 1.83. The number of carboxylic acid groups (broad SMARTS) is 1. The molecule has 0 fully saturated rings. The van der Waals surface area contributed by atoms with E-state index >= 15 is 0 Å². The van der Waals surface area contributed by atoms with Crippen LogP contribution in [0.15, 0.2) is 30.3 Å². The second-order valence-electron chi connectivity index (χ2n) is 3.87. The summed E-state index contributed by atoms with van der Waals surface area (Å²) in [6.07, 6.45) is -0.279. The number of carbonyl (C=O) groups is 1. The summed E-state index contributed by atoms with van der Waals surface area (Å²) in [5.41, 5.74) is 1.35. The molecule has 1 atom stereocenters. The number of amides is 1. The van der Waals surface area contributed by atoms with Crippen molar-refractivity contribution in [3.8, 4) is 0 Å². The fraction of sp³-hybridized carbons (Fsp3) is 0.250. The third-order valence-corrected chi connectivity index (χ3v) is 2.73. The minimum Gasteiger partial charge on any atom is -0.465 e. The Morgan fingerprint density at radius 3 is 2.53 bits per heavy atom. The van der Waals surface area contributed by atoms with Crippen molar-refractivity contribution < 1.29 is 19.4 Å². The zero-order valence-corrected chi connectivity index (χ0v) is 9.01. The summed E-state index contributed by atoms with van der Waals surface area (Å²) in [6.45, 7) is 0.275. The minimum atomic E-state index is -1.06. The van der Waals surface area contributed by atoms with Crippen molar-refractivity contribution in [2.75, 3.05) is 13.1 Å². The molecule has 1 amide bonds. The van der Waals surface area contributed by atoms with Gasteiger partial charge in [-0.05, 0) is 23.3 Å². The maximum Gasteiger partial charge on any atom is 0.407 e. The predicted molar refractivity (Wildman–Crippen MR) is 60.0 cm³/mol. The van der Waals surface area contributed by atoms with E-state index in [1.165, 1.54) is 12.1 Å². The third-order valence-electron chi connectivity index (χ3n) is 2.73. The van der Waals surface area contributed by atoms with Crippen molar-refractivity contribution >= 4 is 11.7 Å². The Morgan fingerprint density at radius 1 is 1.35 bits per heavy atom. The molecule has 2 rings (SSSR count). The van der Waals surface area contributed by atoms with Crippen molar-refractivity contribution in [2.24, 2.45) is 0 Å². The number of hydrogen-bond acceptors (Lipinski definition) is 2. The molecular formula is C12H12FNO3. The Labute approximate surface area is 97.6 Å². The number of aliphatic hydroxyl groups is 1. The van der Waals surface area contributed by atoms with E-state index in [-0.39, 0.29) is 18.9 Å². The Hall–Kier alpha value is -1.88. The van der Waals surface area contributed by atoms with E-state index in [9.17, 15) is 14.3 Å². The minimum absolute atomic E-state index is 0.0402. The number of nitrogens with zero attached hydrogens (tertiary/aromatic N) is 1. The average molecular weight is 237 g/mol. The molecule has 5 heteroatoms. The summed E-state index contributed by atoms with van der Waals surface area (Å²) < 4.78 is 12.8. The number of benzene rings is 1. The molecule has 0 spiro atoms. The highest BCUT2D eigenvalue weighted by molar-refractivity contribution is 5.73. The SMILES string of the molecule is O=C(O)N1CC=C(c2ccc(F)cc2)[C@@H](O)C1. The Balaban J connectivity index is 2.22. The second kappa shape index (κ2) is 4.55. The molecule has 17 heavy (non-hydrogen) atoms. The van der Waals surface area contributed by atoms with Gasteiger partial charge < -0.3 is 15.1 Å². The molecule has 90 valence electrons. The van der Waals surface area contributed by atoms with Crippen LogP contribution in [-0.4, -0.2) is 40.4 Å². The lowest BCUT2D eigenvalue weighted by Crippen LogP contribution is -2.40. The van der Waals surface area contributed by atoms with Crippen LogP contribution in [0.25, 0.3) is 5.57 Å². The molecule has 0 unspecified atom stereocenters. The van der Waals surface area contributed by atoms with E-state index in [4.69, 9.17) is 5.11 Å². The van der Waals surface area contributed by atoms with Gasteiger partial charge in [-0.2, -0.15) is 0 Å². The highest BCUT2D eigenvalue weighted by Crippen LogP contribution is 2.23. The smallest absolute Gasteiger partial charge is 0.407 e. The van der Waals surface area contributed by atoms with Gasteiger partial charge in [0.2, 0.25) is 0 Å². The number of aliphatic hydroxyl groups excluding tert-OH is 1. The zero-order chi connectivity index (χ0) is 12.4. The van der Waals surface area contributed by atoms with Crippen LogP contribution in [0, 0.1) is 5.82 Å². The van der Waals surface area contributed by atoms with Crippen LogP contribution < -0.4 is 0 Å². The molecule has 0 saturated carbocycles. The molecular weight excluding hydrogens is 225 g/mol. The van der Waals surface area contributed by atoms with Crippen LogP contribution in [0.2, 0.25) is 0 Å². The molecule has 0 radical (unpaired) electrons. The van der Waals surface area contributed by atoms with Gasteiger partial charge in [-0.3, -0.25) is 0 Å². The number of halogens is 1. The normalized spacial score (nSPS) is 20.0. The summed E-state index contributed by atoms with van der Waals surface area (Å²) in [5, 5.41) is 18.6. The first-order valence-corrected chi connectivity index (χ1v) is 5.20. The lowest BCUT2D eigenvalue weighted by Gasteiger charge is -2.28. The molecule has 0 aromatic heterocycles. The highest BCUT2D eigenvalue weighted by Gasteiger charge is 2.24. The van der Waals surface area contributed by atoms with Gasteiger partial charge in [-0.15, -0.1) is 0 Å². The van der Waals surface area contributed by atoms with E-state index < -0.39 is 12.2 Å². The molecule has 0 saturated heterocycles. The van der Waals surface area contributed by atoms with Crippen molar-refractivity contribution in [2.45, 2.75) is 6.10 Å². The Morgan fingerprint density at radius 2 is 2.00 bits per heavy atom. The van der Waals surface area contributed by atoms with Crippen LogP contribution in [0.1, 0.15) is 5.56 Å². The molecule has 0 aliphatic carbocycles. The topological polar surface area (TPSA) is 60.8 Å². The fourth-order valence-electron chi connectivity index (χ4n) is 1.83. The lowest BCUT2D eigenvalue weighted by atomic mass is 9.97. The molecule has 1 aliphatic heterocycles. The first-order chi connectivity index (χ1) is 8.08. The van der Waals surface area contributed by atoms with Crippen molar-refractivity contribution in [1.29, 1.82) is 0 Å². The van der Waals surface area contributed by atoms with E-state index in [2.05, 4.69) is 0 Å². The van der Waals surface area contributed by atoms with Gasteiger partial charge in [0.25, 0.3) is 0 Å². The van der Waals surface area contributed by atoms with Gasteiger partial charge in [0, 0.05) is 6.54 Å². The van der Waals surface area contributed by atoms with Crippen LogP contribution in [-0.2, 0) is 0 Å². The summed E-state index contributed by atoms with van der Waals surface area (Å²) in [7, 11) is 0. The van der Waals surface area contributed by atoms with Crippen LogP contribution in [0.4, 0.5) is 9.18 Å². The quantitative estimate of drug-likeness (QED) is 0.779. The van der Waals surface area contributed by atoms with Crippen molar-refractivity contribution in [3.05, 3.63) is 41.7 Å². The monoisotopic (exact) mass is 237 g/mol. The third kappa shape index (κ3) is 2.45. The molecule has 4 nitrogen and oxygen atoms in total. The van der Waals surface area contributed by atoms with Crippen LogP contribution >= 0.6 is 0 Å². The maximum atomic E-state index is 12.8. The first kappa shape index (κ1) is 11.6. The zero-order valence-electron chi connectivity index (χ0n) is 9.01. The Bertz CT molecular complexity index is 455. The van der Waals surface area contributed by atoms with Gasteiger partial charge in [-0.1, -0.05) is 18.2 Å². The Kier molecular flexibility index (Phi) is 3.10. The average Bonchev–Trinajstić information content (AvgIpc) is 2.30. The van der Waals surface area contributed by atoms with Gasteiger partial charge in [-0.25, -0.2) is 9.18 Å². The van der Waals surface area contributed by atoms with E-state index in [1.54, 1.807) is 18.2 Å². The predicted octanol–water partition coefficient (Wildman–Crippen LogP) is 1.56.